The summed E-state index contributed by atoms with van der Waals surface area (Å²) in [4.78, 5) is 5.40. The lowest BCUT2D eigenvalue weighted by Crippen LogP contribution is -2.07. The number of nitriles is 1. The van der Waals surface area contributed by atoms with Crippen molar-refractivity contribution in [1.82, 2.24) is 4.98 Å². The molecule has 0 aliphatic heterocycles. The van der Waals surface area contributed by atoms with Gasteiger partial charge in [0.05, 0.1) is 11.6 Å². The molecule has 0 aromatic carbocycles. The van der Waals surface area contributed by atoms with Crippen LogP contribution in [0.4, 0.5) is 5.82 Å². The van der Waals surface area contributed by atoms with Gasteiger partial charge in [-0.25, -0.2) is 4.98 Å². The van der Waals surface area contributed by atoms with Gasteiger partial charge in [0.2, 0.25) is 0 Å². The maximum Gasteiger partial charge on any atom is 0.144 e. The van der Waals surface area contributed by atoms with Gasteiger partial charge in [-0.1, -0.05) is 6.07 Å². The van der Waals surface area contributed by atoms with Crippen molar-refractivity contribution in [2.24, 2.45) is 0 Å². The summed E-state index contributed by atoms with van der Waals surface area (Å²) in [6, 6.07) is 9.90. The number of hydrogen-bond acceptors (Lipinski definition) is 4. The molecule has 0 saturated heterocycles. The molecule has 1 atom stereocenters. The zero-order chi connectivity index (χ0) is 11.4. The van der Waals surface area contributed by atoms with Gasteiger partial charge in [-0.3, -0.25) is 0 Å². The van der Waals surface area contributed by atoms with Crippen molar-refractivity contribution in [2.75, 3.05) is 5.32 Å². The molecule has 0 bridgehead atoms. The van der Waals surface area contributed by atoms with Gasteiger partial charge >= 0.3 is 0 Å². The zero-order valence-electron chi connectivity index (χ0n) is 8.84. The highest BCUT2D eigenvalue weighted by Gasteiger charge is 2.09. The molecule has 0 saturated carbocycles. The summed E-state index contributed by atoms with van der Waals surface area (Å²) in [5.41, 5.74) is 0.575. The van der Waals surface area contributed by atoms with E-state index in [9.17, 15) is 0 Å². The number of nitrogens with zero attached hydrogens (tertiary/aromatic N) is 2. The SMILES string of the molecule is CC(Nc1ncccc1C#N)c1cccs1. The lowest BCUT2D eigenvalue weighted by Gasteiger charge is -2.13. The van der Waals surface area contributed by atoms with Gasteiger partial charge in [-0.15, -0.1) is 11.3 Å². The first-order chi connectivity index (χ1) is 7.81. The number of anilines is 1. The van der Waals surface area contributed by atoms with Crippen molar-refractivity contribution in [3.63, 3.8) is 0 Å². The lowest BCUT2D eigenvalue weighted by molar-refractivity contribution is 0.895. The molecule has 2 aromatic rings. The van der Waals surface area contributed by atoms with Crippen molar-refractivity contribution in [1.29, 1.82) is 5.26 Å². The molecule has 16 heavy (non-hydrogen) atoms. The van der Waals surface area contributed by atoms with Crippen molar-refractivity contribution < 1.29 is 0 Å². The molecule has 0 amide bonds. The van der Waals surface area contributed by atoms with E-state index >= 15 is 0 Å². The van der Waals surface area contributed by atoms with E-state index in [4.69, 9.17) is 5.26 Å². The van der Waals surface area contributed by atoms with Gasteiger partial charge in [-0.05, 0) is 30.5 Å². The van der Waals surface area contributed by atoms with Gasteiger partial charge in [-0.2, -0.15) is 5.26 Å². The normalized spacial score (nSPS) is 11.8. The predicted octanol–water partition coefficient (Wildman–Crippen LogP) is 3.19. The molecule has 4 heteroatoms. The van der Waals surface area contributed by atoms with E-state index in [1.54, 1.807) is 29.7 Å². The fraction of sp³-hybridized carbons (Fsp3) is 0.167. The van der Waals surface area contributed by atoms with Crippen LogP contribution < -0.4 is 5.32 Å². The van der Waals surface area contributed by atoms with Crippen LogP contribution in [0.15, 0.2) is 35.8 Å². The molecule has 0 radical (unpaired) electrons. The Balaban J connectivity index is 2.19. The fourth-order valence-corrected chi connectivity index (χ4v) is 2.16. The summed E-state index contributed by atoms with van der Waals surface area (Å²) in [5, 5.41) is 14.2. The quantitative estimate of drug-likeness (QED) is 0.879. The van der Waals surface area contributed by atoms with Gasteiger partial charge in [0.25, 0.3) is 0 Å². The molecular formula is C12H11N3S. The standard InChI is InChI=1S/C12H11N3S/c1-9(11-5-3-7-16-11)15-12-10(8-13)4-2-6-14-12/h2-7,9H,1H3,(H,14,15). The summed E-state index contributed by atoms with van der Waals surface area (Å²) >= 11 is 1.69. The molecule has 1 N–H and O–H groups in total. The largest absolute Gasteiger partial charge is 0.362 e. The van der Waals surface area contributed by atoms with Gasteiger partial charge < -0.3 is 5.32 Å². The molecule has 0 aliphatic rings. The minimum absolute atomic E-state index is 0.169. The maximum absolute atomic E-state index is 8.93. The van der Waals surface area contributed by atoms with E-state index in [-0.39, 0.29) is 6.04 Å². The van der Waals surface area contributed by atoms with E-state index in [2.05, 4.69) is 29.4 Å². The summed E-state index contributed by atoms with van der Waals surface area (Å²) in [5.74, 6) is 0.644. The Morgan fingerprint density at radius 3 is 3.00 bits per heavy atom. The van der Waals surface area contributed by atoms with Crippen molar-refractivity contribution in [3.05, 3.63) is 46.3 Å². The Hall–Kier alpha value is -1.86. The summed E-state index contributed by atoms with van der Waals surface area (Å²) in [6.45, 7) is 2.06. The van der Waals surface area contributed by atoms with Gasteiger partial charge in [0.1, 0.15) is 11.9 Å². The average molecular weight is 229 g/mol. The first-order valence-electron chi connectivity index (χ1n) is 4.96. The Morgan fingerprint density at radius 1 is 1.44 bits per heavy atom. The second-order valence-corrected chi connectivity index (χ2v) is 4.37. The van der Waals surface area contributed by atoms with Crippen LogP contribution in [0, 0.1) is 11.3 Å². The topological polar surface area (TPSA) is 48.7 Å². The smallest absolute Gasteiger partial charge is 0.144 e. The van der Waals surface area contributed by atoms with Crippen molar-refractivity contribution >= 4 is 17.2 Å². The minimum atomic E-state index is 0.169. The minimum Gasteiger partial charge on any atom is -0.362 e. The van der Waals surface area contributed by atoms with Crippen LogP contribution in [-0.4, -0.2) is 4.98 Å². The number of nitrogens with one attached hydrogen (secondary N) is 1. The monoisotopic (exact) mass is 229 g/mol. The number of thiophene rings is 1. The first kappa shape index (κ1) is 10.7. The fourth-order valence-electron chi connectivity index (χ4n) is 1.42. The predicted molar refractivity (Wildman–Crippen MR) is 65.3 cm³/mol. The molecule has 3 nitrogen and oxygen atoms in total. The van der Waals surface area contributed by atoms with E-state index in [1.165, 1.54) is 4.88 Å². The van der Waals surface area contributed by atoms with Gasteiger partial charge in [0, 0.05) is 11.1 Å². The lowest BCUT2D eigenvalue weighted by atomic mass is 10.2. The van der Waals surface area contributed by atoms with Gasteiger partial charge in [0.15, 0.2) is 0 Å². The Bertz CT molecular complexity index is 499. The summed E-state index contributed by atoms with van der Waals surface area (Å²) in [7, 11) is 0. The first-order valence-corrected chi connectivity index (χ1v) is 5.84. The highest BCUT2D eigenvalue weighted by Crippen LogP contribution is 2.23. The molecule has 0 aliphatic carbocycles. The molecule has 2 aromatic heterocycles. The second-order valence-electron chi connectivity index (χ2n) is 3.39. The number of rotatable bonds is 3. The van der Waals surface area contributed by atoms with Crippen LogP contribution in [0.2, 0.25) is 0 Å². The third kappa shape index (κ3) is 2.20. The Labute approximate surface area is 98.4 Å². The number of aromatic nitrogens is 1. The molecule has 2 rings (SSSR count). The van der Waals surface area contributed by atoms with Crippen LogP contribution in [0.5, 0.6) is 0 Å². The molecule has 80 valence electrons. The summed E-state index contributed by atoms with van der Waals surface area (Å²) in [6.07, 6.45) is 1.68. The molecule has 2 heterocycles. The van der Waals surface area contributed by atoms with Crippen LogP contribution in [0.3, 0.4) is 0 Å². The second kappa shape index (κ2) is 4.77. The van der Waals surface area contributed by atoms with E-state index < -0.39 is 0 Å². The van der Waals surface area contributed by atoms with E-state index in [1.807, 2.05) is 11.4 Å². The van der Waals surface area contributed by atoms with Crippen LogP contribution in [-0.2, 0) is 0 Å². The highest BCUT2D eigenvalue weighted by atomic mass is 32.1. The molecule has 1 unspecified atom stereocenters. The molecule has 0 fully saturated rings. The Kier molecular flexibility index (Phi) is 3.18. The van der Waals surface area contributed by atoms with Crippen molar-refractivity contribution in [2.45, 2.75) is 13.0 Å². The molecule has 0 spiro atoms. The zero-order valence-corrected chi connectivity index (χ0v) is 9.66. The summed E-state index contributed by atoms with van der Waals surface area (Å²) < 4.78 is 0. The van der Waals surface area contributed by atoms with E-state index in [0.29, 0.717) is 11.4 Å². The molecular weight excluding hydrogens is 218 g/mol. The van der Waals surface area contributed by atoms with Crippen LogP contribution >= 0.6 is 11.3 Å². The number of hydrogen-bond donors (Lipinski definition) is 1. The Morgan fingerprint density at radius 2 is 2.31 bits per heavy atom. The van der Waals surface area contributed by atoms with Crippen molar-refractivity contribution in [3.8, 4) is 6.07 Å². The van der Waals surface area contributed by atoms with E-state index in [0.717, 1.165) is 0 Å². The third-order valence-corrected chi connectivity index (χ3v) is 3.31. The van der Waals surface area contributed by atoms with Crippen LogP contribution in [0.1, 0.15) is 23.4 Å². The average Bonchev–Trinajstić information content (AvgIpc) is 2.83. The highest BCUT2D eigenvalue weighted by molar-refractivity contribution is 7.10. The number of pyridine rings is 1. The maximum atomic E-state index is 8.93. The van der Waals surface area contributed by atoms with Crippen LogP contribution in [0.25, 0.3) is 0 Å². The third-order valence-electron chi connectivity index (χ3n) is 2.25.